The number of benzene rings is 2. The zero-order chi connectivity index (χ0) is 23.2. The smallest absolute Gasteiger partial charge is 0.193 e. The fourth-order valence-corrected chi connectivity index (χ4v) is 5.34. The predicted molar refractivity (Wildman–Crippen MR) is 129 cm³/mol. The number of carbonyl (C=O) groups is 1. The Morgan fingerprint density at radius 2 is 1.91 bits per heavy atom. The molecule has 1 radical (unpaired) electrons. The first-order valence-electron chi connectivity index (χ1n) is 11.6. The summed E-state index contributed by atoms with van der Waals surface area (Å²) in [5, 5.41) is 9.28. The number of methoxy groups -OCH3 is 1. The van der Waals surface area contributed by atoms with E-state index in [1.807, 2.05) is 24.3 Å². The minimum atomic E-state index is -0.340. The average molecular weight is 439 g/mol. The van der Waals surface area contributed by atoms with Crippen LogP contribution in [-0.4, -0.2) is 57.4 Å². The molecule has 6 heteroatoms. The third-order valence-electron chi connectivity index (χ3n) is 7.28. The number of rotatable bonds is 5. The number of hydrogen-bond donors (Lipinski definition) is 0. The van der Waals surface area contributed by atoms with Gasteiger partial charge in [-0.05, 0) is 54.3 Å². The van der Waals surface area contributed by atoms with E-state index in [0.29, 0.717) is 5.56 Å². The fraction of sp³-hybridized carbons (Fsp3) is 0.407. The van der Waals surface area contributed by atoms with E-state index in [-0.39, 0.29) is 17.3 Å². The monoisotopic (exact) mass is 439 g/mol. The Morgan fingerprint density at radius 3 is 2.64 bits per heavy atom. The van der Waals surface area contributed by atoms with Crippen LogP contribution in [0.1, 0.15) is 53.7 Å². The van der Waals surface area contributed by atoms with Gasteiger partial charge in [0.2, 0.25) is 0 Å². The minimum Gasteiger partial charge on any atom is -0.490 e. The molecule has 0 saturated carbocycles. The number of fused-ring (bicyclic) bond motifs is 3. The second-order valence-electron chi connectivity index (χ2n) is 9.66. The van der Waals surface area contributed by atoms with Gasteiger partial charge in [-0.15, -0.1) is 0 Å². The molecule has 2 aromatic rings. The summed E-state index contributed by atoms with van der Waals surface area (Å²) >= 11 is 0. The van der Waals surface area contributed by atoms with Crippen LogP contribution in [0, 0.1) is 11.3 Å². The lowest BCUT2D eigenvalue weighted by molar-refractivity contribution is 0.0796. The first-order valence-corrected chi connectivity index (χ1v) is 11.6. The van der Waals surface area contributed by atoms with Gasteiger partial charge in [0.25, 0.3) is 0 Å². The second-order valence-corrected chi connectivity index (χ2v) is 9.66. The van der Waals surface area contributed by atoms with Crippen molar-refractivity contribution in [2.24, 2.45) is 0 Å². The Labute approximate surface area is 196 Å². The maximum atomic E-state index is 13.5. The number of carbonyl (C=O) groups excluding carboxylic acids is 1. The molecular formula is C27H28BN2O3. The normalized spacial score (nSPS) is 19.4. The molecule has 5 nitrogen and oxygen atoms in total. The number of piperidine rings is 1. The SMILES string of the molecule is COCCN1CCC(Oc2ccc3c(c2)C(C)(C)C2=C(C3=O)c3ccc(C#N)cc3[B]2)CC1. The molecular weight excluding hydrogens is 411 g/mol. The van der Waals surface area contributed by atoms with E-state index in [9.17, 15) is 10.1 Å². The average Bonchev–Trinajstić information content (AvgIpc) is 3.22. The van der Waals surface area contributed by atoms with Gasteiger partial charge in [0.1, 0.15) is 11.9 Å². The Balaban J connectivity index is 1.38. The van der Waals surface area contributed by atoms with Gasteiger partial charge in [-0.3, -0.25) is 4.79 Å². The number of Topliss-reactive ketones (excluding diaryl/α,β-unsaturated/α-hetero) is 1. The molecule has 1 aliphatic carbocycles. The van der Waals surface area contributed by atoms with Crippen molar-refractivity contribution in [2.45, 2.75) is 38.2 Å². The molecule has 0 spiro atoms. The van der Waals surface area contributed by atoms with E-state index in [0.717, 1.165) is 78.0 Å². The van der Waals surface area contributed by atoms with Crippen molar-refractivity contribution >= 4 is 24.1 Å². The molecule has 0 aromatic heterocycles. The lowest BCUT2D eigenvalue weighted by atomic mass is 9.54. The fourth-order valence-electron chi connectivity index (χ4n) is 5.34. The van der Waals surface area contributed by atoms with Crippen LogP contribution in [0.2, 0.25) is 0 Å². The van der Waals surface area contributed by atoms with Crippen molar-refractivity contribution in [3.05, 3.63) is 64.1 Å². The van der Waals surface area contributed by atoms with Crippen molar-refractivity contribution in [3.8, 4) is 11.8 Å². The van der Waals surface area contributed by atoms with Crippen molar-refractivity contribution in [3.63, 3.8) is 0 Å². The van der Waals surface area contributed by atoms with Gasteiger partial charge in [-0.25, -0.2) is 0 Å². The zero-order valence-corrected chi connectivity index (χ0v) is 19.5. The molecule has 2 aromatic carbocycles. The van der Waals surface area contributed by atoms with Gasteiger partial charge in [-0.1, -0.05) is 30.8 Å². The number of ketones is 1. The molecule has 0 amide bonds. The Morgan fingerprint density at radius 1 is 1.15 bits per heavy atom. The first-order chi connectivity index (χ1) is 15.9. The summed E-state index contributed by atoms with van der Waals surface area (Å²) in [4.78, 5) is 15.9. The number of hydrogen-bond acceptors (Lipinski definition) is 5. The van der Waals surface area contributed by atoms with E-state index in [2.05, 4.69) is 38.2 Å². The van der Waals surface area contributed by atoms with Gasteiger partial charge in [-0.2, -0.15) is 5.26 Å². The van der Waals surface area contributed by atoms with Gasteiger partial charge in [0.15, 0.2) is 13.1 Å². The quantitative estimate of drug-likeness (QED) is 0.670. The standard InChI is InChI=1S/C27H28BN2O3/c1-27(2)22-15-19(33-18-8-10-30(11-9-18)12-13-32-3)5-7-20(22)25(31)24-21-6-4-17(16-29)14-23(21)28-26(24)27/h4-7,14-15,18H,8-13H2,1-3H3. The van der Waals surface area contributed by atoms with Crippen LogP contribution in [0.15, 0.2) is 41.9 Å². The molecule has 0 N–H and O–H groups in total. The van der Waals surface area contributed by atoms with E-state index >= 15 is 0 Å². The van der Waals surface area contributed by atoms with Gasteiger partial charge >= 0.3 is 0 Å². The Kier molecular flexibility index (Phi) is 5.64. The number of ether oxygens (including phenoxy) is 2. The highest BCUT2D eigenvalue weighted by atomic mass is 16.5. The summed E-state index contributed by atoms with van der Waals surface area (Å²) in [5.74, 6) is 0.883. The predicted octanol–water partition coefficient (Wildman–Crippen LogP) is 3.28. The maximum Gasteiger partial charge on any atom is 0.193 e. The first kappa shape index (κ1) is 21.9. The van der Waals surface area contributed by atoms with Crippen molar-refractivity contribution in [2.75, 3.05) is 33.4 Å². The van der Waals surface area contributed by atoms with Crippen LogP contribution in [0.25, 0.3) is 5.57 Å². The van der Waals surface area contributed by atoms with E-state index < -0.39 is 0 Å². The number of nitriles is 1. The molecule has 0 atom stereocenters. The van der Waals surface area contributed by atoms with Crippen LogP contribution < -0.4 is 10.2 Å². The molecule has 1 saturated heterocycles. The summed E-state index contributed by atoms with van der Waals surface area (Å²) < 4.78 is 11.6. The van der Waals surface area contributed by atoms with Crippen LogP contribution >= 0.6 is 0 Å². The topological polar surface area (TPSA) is 62.6 Å². The van der Waals surface area contributed by atoms with E-state index in [4.69, 9.17) is 9.47 Å². The van der Waals surface area contributed by atoms with E-state index in [1.165, 1.54) is 0 Å². The van der Waals surface area contributed by atoms with Gasteiger partial charge in [0, 0.05) is 43.3 Å². The molecule has 1 fully saturated rings. The highest BCUT2D eigenvalue weighted by Gasteiger charge is 2.43. The third kappa shape index (κ3) is 3.80. The molecule has 0 unspecified atom stereocenters. The van der Waals surface area contributed by atoms with Crippen molar-refractivity contribution < 1.29 is 14.3 Å². The summed E-state index contributed by atoms with van der Waals surface area (Å²) in [6.07, 6.45) is 2.16. The van der Waals surface area contributed by atoms with Crippen molar-refractivity contribution in [1.29, 1.82) is 5.26 Å². The van der Waals surface area contributed by atoms with E-state index in [1.54, 1.807) is 13.2 Å². The molecule has 33 heavy (non-hydrogen) atoms. The highest BCUT2D eigenvalue weighted by Crippen LogP contribution is 2.46. The van der Waals surface area contributed by atoms with Crippen molar-refractivity contribution in [1.82, 2.24) is 4.90 Å². The lowest BCUT2D eigenvalue weighted by Gasteiger charge is -2.36. The highest BCUT2D eigenvalue weighted by molar-refractivity contribution is 6.70. The maximum absolute atomic E-state index is 13.5. The van der Waals surface area contributed by atoms with Crippen LogP contribution in [0.3, 0.4) is 0 Å². The Bertz CT molecular complexity index is 1190. The number of allylic oxidation sites excluding steroid dienone is 2. The molecule has 5 rings (SSSR count). The number of likely N-dealkylation sites (tertiary alicyclic amines) is 1. The van der Waals surface area contributed by atoms with Crippen LogP contribution in [0.4, 0.5) is 0 Å². The molecule has 2 aliphatic heterocycles. The Hall–Kier alpha value is -2.88. The van der Waals surface area contributed by atoms with Crippen LogP contribution in [0.5, 0.6) is 5.75 Å². The van der Waals surface area contributed by atoms with Gasteiger partial charge < -0.3 is 14.4 Å². The summed E-state index contributed by atoms with van der Waals surface area (Å²) in [5.41, 5.74) is 5.68. The molecule has 2 heterocycles. The van der Waals surface area contributed by atoms with Gasteiger partial charge in [0.05, 0.1) is 18.2 Å². The number of nitrogens with zero attached hydrogens (tertiary/aromatic N) is 2. The lowest BCUT2D eigenvalue weighted by Crippen LogP contribution is -2.39. The third-order valence-corrected chi connectivity index (χ3v) is 7.28. The molecule has 3 aliphatic rings. The summed E-state index contributed by atoms with van der Waals surface area (Å²) in [7, 11) is 3.82. The zero-order valence-electron chi connectivity index (χ0n) is 19.5. The molecule has 167 valence electrons. The largest absolute Gasteiger partial charge is 0.490 e. The molecule has 0 bridgehead atoms. The second kappa shape index (κ2) is 8.48. The summed E-state index contributed by atoms with van der Waals surface area (Å²) in [6, 6.07) is 13.7. The summed E-state index contributed by atoms with van der Waals surface area (Å²) in [6.45, 7) is 8.08. The van der Waals surface area contributed by atoms with Crippen LogP contribution in [-0.2, 0) is 10.2 Å². The minimum absolute atomic E-state index is 0.0528.